The molecule has 24 heavy (non-hydrogen) atoms. The van der Waals surface area contributed by atoms with Gasteiger partial charge in [0.25, 0.3) is 0 Å². The van der Waals surface area contributed by atoms with Crippen LogP contribution in [0.15, 0.2) is 0 Å². The van der Waals surface area contributed by atoms with Crippen LogP contribution in [0.3, 0.4) is 0 Å². The molecule has 0 spiro atoms. The zero-order valence-electron chi connectivity index (χ0n) is 16.3. The van der Waals surface area contributed by atoms with Crippen LogP contribution < -0.4 is 10.6 Å². The lowest BCUT2D eigenvalue weighted by Gasteiger charge is -2.44. The smallest absolute Gasteiger partial charge is 0.314 e. The Kier molecular flexibility index (Phi) is 6.93. The molecule has 0 heterocycles. The van der Waals surface area contributed by atoms with Crippen molar-refractivity contribution in [2.45, 2.75) is 75.3 Å². The van der Waals surface area contributed by atoms with E-state index in [0.29, 0.717) is 0 Å². The summed E-state index contributed by atoms with van der Waals surface area (Å²) in [4.78, 5) is 17.0. The SMILES string of the molecule is CN(C)C1(CNC(=O)NCC2(N(C)C)CCCCC2)CCCCC1. The van der Waals surface area contributed by atoms with Gasteiger partial charge in [-0.2, -0.15) is 0 Å². The highest BCUT2D eigenvalue weighted by molar-refractivity contribution is 5.74. The van der Waals surface area contributed by atoms with Crippen molar-refractivity contribution in [2.24, 2.45) is 0 Å². The third kappa shape index (κ3) is 4.63. The van der Waals surface area contributed by atoms with Crippen molar-refractivity contribution in [1.82, 2.24) is 20.4 Å². The van der Waals surface area contributed by atoms with Crippen LogP contribution in [0.2, 0.25) is 0 Å². The number of rotatable bonds is 6. The Hall–Kier alpha value is -0.810. The molecule has 2 aliphatic carbocycles. The fourth-order valence-corrected chi connectivity index (χ4v) is 4.54. The second-order valence-electron chi connectivity index (χ2n) is 8.40. The maximum Gasteiger partial charge on any atom is 0.314 e. The molecule has 0 unspecified atom stereocenters. The number of likely N-dealkylation sites (N-methyl/N-ethyl adjacent to an activating group) is 2. The Morgan fingerprint density at radius 3 is 1.33 bits per heavy atom. The predicted molar refractivity (Wildman–Crippen MR) is 100 cm³/mol. The second kappa shape index (κ2) is 8.52. The molecule has 5 heteroatoms. The molecule has 0 bridgehead atoms. The molecular weight excluding hydrogens is 300 g/mol. The fourth-order valence-electron chi connectivity index (χ4n) is 4.54. The summed E-state index contributed by atoms with van der Waals surface area (Å²) in [7, 11) is 8.59. The summed E-state index contributed by atoms with van der Waals surface area (Å²) in [5.41, 5.74) is 0.277. The van der Waals surface area contributed by atoms with E-state index in [0.717, 1.165) is 13.1 Å². The van der Waals surface area contributed by atoms with E-state index in [2.05, 4.69) is 48.6 Å². The molecule has 140 valence electrons. The topological polar surface area (TPSA) is 47.6 Å². The highest BCUT2D eigenvalue weighted by Crippen LogP contribution is 2.32. The molecule has 5 nitrogen and oxygen atoms in total. The highest BCUT2D eigenvalue weighted by atomic mass is 16.2. The van der Waals surface area contributed by atoms with Gasteiger partial charge in [0.2, 0.25) is 0 Å². The van der Waals surface area contributed by atoms with Gasteiger partial charge in [0.15, 0.2) is 0 Å². The predicted octanol–water partition coefficient (Wildman–Crippen LogP) is 2.81. The molecule has 2 saturated carbocycles. The van der Waals surface area contributed by atoms with Crippen molar-refractivity contribution in [3.05, 3.63) is 0 Å². The molecule has 0 saturated heterocycles. The number of nitrogens with one attached hydrogen (secondary N) is 2. The number of urea groups is 1. The van der Waals surface area contributed by atoms with Crippen LogP contribution >= 0.6 is 0 Å². The summed E-state index contributed by atoms with van der Waals surface area (Å²) < 4.78 is 0. The van der Waals surface area contributed by atoms with E-state index in [1.807, 2.05) is 0 Å². The van der Waals surface area contributed by atoms with Gasteiger partial charge in [0.05, 0.1) is 0 Å². The Labute approximate surface area is 148 Å². The summed E-state index contributed by atoms with van der Waals surface area (Å²) in [6.45, 7) is 1.50. The van der Waals surface area contributed by atoms with Crippen LogP contribution in [0, 0.1) is 0 Å². The van der Waals surface area contributed by atoms with E-state index in [9.17, 15) is 4.79 Å². The molecule has 2 rings (SSSR count). The summed E-state index contributed by atoms with van der Waals surface area (Å²) in [5.74, 6) is 0. The number of nitrogens with zero attached hydrogens (tertiary/aromatic N) is 2. The van der Waals surface area contributed by atoms with Gasteiger partial charge in [0, 0.05) is 24.2 Å². The van der Waals surface area contributed by atoms with Gasteiger partial charge in [-0.05, 0) is 53.9 Å². The first-order chi connectivity index (χ1) is 11.4. The minimum atomic E-state index is -0.00593. The van der Waals surface area contributed by atoms with E-state index >= 15 is 0 Å². The highest BCUT2D eigenvalue weighted by Gasteiger charge is 2.36. The van der Waals surface area contributed by atoms with Crippen LogP contribution in [0.1, 0.15) is 64.2 Å². The summed E-state index contributed by atoms with van der Waals surface area (Å²) in [6, 6.07) is -0.00593. The van der Waals surface area contributed by atoms with Gasteiger partial charge in [-0.25, -0.2) is 4.79 Å². The first kappa shape index (κ1) is 19.5. The van der Waals surface area contributed by atoms with Gasteiger partial charge in [-0.3, -0.25) is 0 Å². The fraction of sp³-hybridized carbons (Fsp3) is 0.947. The third-order valence-corrected chi connectivity index (χ3v) is 6.62. The number of amides is 2. The maximum atomic E-state index is 12.4. The van der Waals surface area contributed by atoms with E-state index in [-0.39, 0.29) is 17.1 Å². The van der Waals surface area contributed by atoms with E-state index in [4.69, 9.17) is 0 Å². The van der Waals surface area contributed by atoms with Crippen LogP contribution in [-0.4, -0.2) is 68.2 Å². The normalized spacial score (nSPS) is 23.2. The minimum absolute atomic E-state index is 0.00593. The molecule has 0 aromatic rings. The second-order valence-corrected chi connectivity index (χ2v) is 8.40. The molecule has 2 amide bonds. The van der Waals surface area contributed by atoms with Crippen molar-refractivity contribution in [2.75, 3.05) is 41.3 Å². The number of carbonyl (C=O) groups is 1. The molecule has 0 aliphatic heterocycles. The summed E-state index contributed by atoms with van der Waals surface area (Å²) in [5, 5.41) is 6.32. The molecular formula is C19H38N4O. The number of hydrogen-bond donors (Lipinski definition) is 2. The third-order valence-electron chi connectivity index (χ3n) is 6.62. The van der Waals surface area contributed by atoms with Crippen molar-refractivity contribution in [1.29, 1.82) is 0 Å². The van der Waals surface area contributed by atoms with Crippen LogP contribution in [0.4, 0.5) is 4.79 Å². The molecule has 0 aromatic heterocycles. The molecule has 2 N–H and O–H groups in total. The Morgan fingerprint density at radius 1 is 0.708 bits per heavy atom. The largest absolute Gasteiger partial charge is 0.336 e. The Balaban J connectivity index is 1.83. The summed E-state index contributed by atoms with van der Waals surface area (Å²) >= 11 is 0. The van der Waals surface area contributed by atoms with E-state index in [1.165, 1.54) is 64.2 Å². The molecule has 2 fully saturated rings. The average Bonchev–Trinajstić information content (AvgIpc) is 2.59. The van der Waals surface area contributed by atoms with Crippen molar-refractivity contribution in [3.8, 4) is 0 Å². The van der Waals surface area contributed by atoms with Gasteiger partial charge in [-0.15, -0.1) is 0 Å². The number of hydrogen-bond acceptors (Lipinski definition) is 3. The van der Waals surface area contributed by atoms with Gasteiger partial charge in [-0.1, -0.05) is 38.5 Å². The standard InChI is InChI=1S/C19H38N4O/c1-22(2)18(11-7-5-8-12-18)15-20-17(24)21-16-19(23(3)4)13-9-6-10-14-19/h5-16H2,1-4H3,(H2,20,21,24). The monoisotopic (exact) mass is 338 g/mol. The lowest BCUT2D eigenvalue weighted by atomic mass is 9.80. The van der Waals surface area contributed by atoms with Crippen LogP contribution in [0.5, 0.6) is 0 Å². The number of carbonyl (C=O) groups excluding carboxylic acids is 1. The molecule has 0 atom stereocenters. The zero-order valence-corrected chi connectivity index (χ0v) is 16.3. The van der Waals surface area contributed by atoms with Crippen molar-refractivity contribution < 1.29 is 4.79 Å². The quantitative estimate of drug-likeness (QED) is 0.783. The first-order valence-corrected chi connectivity index (χ1v) is 9.77. The average molecular weight is 339 g/mol. The van der Waals surface area contributed by atoms with Crippen LogP contribution in [0.25, 0.3) is 0 Å². The lowest BCUT2D eigenvalue weighted by Crippen LogP contribution is -2.58. The van der Waals surface area contributed by atoms with E-state index < -0.39 is 0 Å². The molecule has 0 radical (unpaired) electrons. The Bertz CT molecular complexity index is 360. The maximum absolute atomic E-state index is 12.4. The molecule has 0 aromatic carbocycles. The van der Waals surface area contributed by atoms with Gasteiger partial charge < -0.3 is 20.4 Å². The van der Waals surface area contributed by atoms with E-state index in [1.54, 1.807) is 0 Å². The first-order valence-electron chi connectivity index (χ1n) is 9.77. The minimum Gasteiger partial charge on any atom is -0.336 e. The van der Waals surface area contributed by atoms with Crippen molar-refractivity contribution >= 4 is 6.03 Å². The lowest BCUT2D eigenvalue weighted by molar-refractivity contribution is 0.0944. The zero-order chi connectivity index (χ0) is 17.6. The van der Waals surface area contributed by atoms with Crippen molar-refractivity contribution in [3.63, 3.8) is 0 Å². The summed E-state index contributed by atoms with van der Waals surface area (Å²) in [6.07, 6.45) is 12.5. The van der Waals surface area contributed by atoms with Gasteiger partial charge in [0.1, 0.15) is 0 Å². The Morgan fingerprint density at radius 2 is 1.04 bits per heavy atom. The van der Waals surface area contributed by atoms with Crippen LogP contribution in [-0.2, 0) is 0 Å². The van der Waals surface area contributed by atoms with Gasteiger partial charge >= 0.3 is 6.03 Å². The molecule has 2 aliphatic rings.